The summed E-state index contributed by atoms with van der Waals surface area (Å²) in [6.07, 6.45) is 0.816. The van der Waals surface area contributed by atoms with Gasteiger partial charge in [-0.3, -0.25) is 9.63 Å². The van der Waals surface area contributed by atoms with E-state index in [0.29, 0.717) is 32.0 Å². The molecule has 0 spiro atoms. The Morgan fingerprint density at radius 1 is 1.03 bits per heavy atom. The third kappa shape index (κ3) is 6.06. The van der Waals surface area contributed by atoms with Gasteiger partial charge < -0.3 is 15.0 Å². The molecule has 194 valence electrons. The SMILES string of the molecule is CS(C)(=O)(NNc1ncc(F)c(N2CCOCC2)n1)c1ccc(Nc2cccc(C(F)(F)F)c2)cn1. The van der Waals surface area contributed by atoms with E-state index >= 15 is 0 Å². The number of aromatic nitrogens is 3. The third-order valence-corrected chi connectivity index (χ3v) is 7.47. The Balaban J connectivity index is 1.46. The van der Waals surface area contributed by atoms with E-state index in [-0.39, 0.29) is 22.5 Å². The number of halogens is 4. The van der Waals surface area contributed by atoms with Gasteiger partial charge in [-0.25, -0.2) is 14.4 Å². The number of benzene rings is 1. The Labute approximate surface area is 204 Å². The highest BCUT2D eigenvalue weighted by Crippen LogP contribution is 2.32. The molecule has 0 saturated carbocycles. The van der Waals surface area contributed by atoms with E-state index in [0.717, 1.165) is 18.3 Å². The lowest BCUT2D eigenvalue weighted by Crippen LogP contribution is -2.49. The number of nitrogens with zero attached hydrogens (tertiary/aromatic N) is 4. The molecule has 0 atom stereocenters. The number of hydrogen-bond donors (Lipinski definition) is 3. The monoisotopic (exact) mass is 527 g/mol. The molecule has 4 rings (SSSR count). The van der Waals surface area contributed by atoms with E-state index in [1.54, 1.807) is 11.0 Å². The van der Waals surface area contributed by atoms with Gasteiger partial charge in [0.05, 0.1) is 36.9 Å². The fourth-order valence-corrected chi connectivity index (χ4v) is 4.72. The topological polar surface area (TPSA) is 104 Å². The number of nitrogens with one attached hydrogen (secondary N) is 3. The molecule has 0 radical (unpaired) electrons. The van der Waals surface area contributed by atoms with Crippen LogP contribution in [0.25, 0.3) is 0 Å². The van der Waals surface area contributed by atoms with Gasteiger partial charge in [-0.2, -0.15) is 23.0 Å². The summed E-state index contributed by atoms with van der Waals surface area (Å²) in [5.41, 5.74) is 2.54. The summed E-state index contributed by atoms with van der Waals surface area (Å²) in [6, 6.07) is 7.80. The van der Waals surface area contributed by atoms with Crippen molar-refractivity contribution in [2.45, 2.75) is 11.2 Å². The van der Waals surface area contributed by atoms with Gasteiger partial charge >= 0.3 is 6.18 Å². The van der Waals surface area contributed by atoms with E-state index in [9.17, 15) is 21.8 Å². The second kappa shape index (κ2) is 9.59. The Kier molecular flexibility index (Phi) is 6.86. The van der Waals surface area contributed by atoms with Crippen molar-refractivity contribution >= 4 is 32.4 Å². The van der Waals surface area contributed by atoms with E-state index in [4.69, 9.17) is 4.74 Å². The molecule has 3 N–H and O–H groups in total. The van der Waals surface area contributed by atoms with Crippen LogP contribution in [0.5, 0.6) is 0 Å². The zero-order valence-corrected chi connectivity index (χ0v) is 20.3. The molecule has 1 aliphatic heterocycles. The summed E-state index contributed by atoms with van der Waals surface area (Å²) in [7, 11) is -3.79. The Hall–Kier alpha value is -3.36. The van der Waals surface area contributed by atoms with Crippen LogP contribution in [0.15, 0.2) is 53.8 Å². The predicted molar refractivity (Wildman–Crippen MR) is 129 cm³/mol. The van der Waals surface area contributed by atoms with Gasteiger partial charge in [0.15, 0.2) is 11.6 Å². The maximum atomic E-state index is 14.3. The van der Waals surface area contributed by atoms with Crippen LogP contribution in [0.1, 0.15) is 5.56 Å². The number of alkyl halides is 3. The van der Waals surface area contributed by atoms with Gasteiger partial charge in [-0.15, -0.1) is 0 Å². The smallest absolute Gasteiger partial charge is 0.378 e. The number of hydrazine groups is 1. The largest absolute Gasteiger partial charge is 0.416 e. The molecule has 0 bridgehead atoms. The fraction of sp³-hybridized carbons (Fsp3) is 0.318. The minimum atomic E-state index is -4.46. The minimum Gasteiger partial charge on any atom is -0.378 e. The standard InChI is InChI=1S/C22H25F4N7O2S/c1-36(2,34,32-31-21-28-14-18(23)20(30-21)33-8-10-35-11-9-33)19-7-6-17(13-27-19)29-16-5-3-4-15(12-16)22(24,25)26/h3-7,12-14,29H,8-11H2,1-2H3,(H,32,34)(H,28,30,31). The zero-order valence-electron chi connectivity index (χ0n) is 19.5. The molecule has 2 aromatic heterocycles. The molecule has 36 heavy (non-hydrogen) atoms. The zero-order chi connectivity index (χ0) is 26.0. The maximum absolute atomic E-state index is 14.3. The summed E-state index contributed by atoms with van der Waals surface area (Å²) in [6.45, 7) is 1.86. The molecular weight excluding hydrogens is 502 g/mol. The quantitative estimate of drug-likeness (QED) is 0.317. The molecule has 1 saturated heterocycles. The molecule has 0 aliphatic carbocycles. The van der Waals surface area contributed by atoms with Gasteiger partial charge in [0.2, 0.25) is 5.95 Å². The van der Waals surface area contributed by atoms with E-state index in [1.165, 1.54) is 36.9 Å². The average molecular weight is 528 g/mol. The van der Waals surface area contributed by atoms with Crippen LogP contribution in [0, 0.1) is 5.82 Å². The highest BCUT2D eigenvalue weighted by atomic mass is 32.3. The molecule has 1 aromatic carbocycles. The molecule has 3 heterocycles. The molecule has 1 fully saturated rings. The Morgan fingerprint density at radius 3 is 2.44 bits per heavy atom. The van der Waals surface area contributed by atoms with Crippen LogP contribution in [0.3, 0.4) is 0 Å². The number of morpholine rings is 1. The van der Waals surface area contributed by atoms with E-state index < -0.39 is 26.8 Å². The van der Waals surface area contributed by atoms with Crippen molar-refractivity contribution in [3.05, 3.63) is 60.2 Å². The van der Waals surface area contributed by atoms with Crippen molar-refractivity contribution in [3.8, 4) is 0 Å². The first-order chi connectivity index (χ1) is 16.9. The summed E-state index contributed by atoms with van der Waals surface area (Å²) in [5, 5.41) is 3.04. The number of rotatable bonds is 7. The van der Waals surface area contributed by atoms with Crippen LogP contribution in [0.4, 0.5) is 40.7 Å². The molecule has 0 unspecified atom stereocenters. The summed E-state index contributed by atoms with van der Waals surface area (Å²) < 4.78 is 72.1. The first-order valence-corrected chi connectivity index (χ1v) is 13.6. The van der Waals surface area contributed by atoms with Crippen molar-refractivity contribution in [1.29, 1.82) is 0 Å². The second-order valence-corrected chi connectivity index (χ2v) is 12.9. The van der Waals surface area contributed by atoms with Crippen LogP contribution < -0.4 is 20.5 Å². The molecule has 3 aromatic rings. The first-order valence-electron chi connectivity index (χ1n) is 10.8. The van der Waals surface area contributed by atoms with Crippen molar-refractivity contribution in [2.75, 3.05) is 54.5 Å². The average Bonchev–Trinajstić information content (AvgIpc) is 2.84. The van der Waals surface area contributed by atoms with Crippen molar-refractivity contribution in [3.63, 3.8) is 0 Å². The van der Waals surface area contributed by atoms with E-state index in [1.807, 2.05) is 0 Å². The molecular formula is C22H25F4N7O2S. The van der Waals surface area contributed by atoms with Crippen LogP contribution in [-0.2, 0) is 20.2 Å². The van der Waals surface area contributed by atoms with Crippen LogP contribution in [-0.4, -0.2) is 58.0 Å². The number of anilines is 4. The van der Waals surface area contributed by atoms with Crippen molar-refractivity contribution in [2.24, 2.45) is 0 Å². The molecule has 14 heteroatoms. The maximum Gasteiger partial charge on any atom is 0.416 e. The molecule has 1 aliphatic rings. The van der Waals surface area contributed by atoms with Crippen molar-refractivity contribution in [1.82, 2.24) is 19.8 Å². The lowest BCUT2D eigenvalue weighted by Gasteiger charge is -2.34. The highest BCUT2D eigenvalue weighted by molar-refractivity contribution is 8.17. The predicted octanol–water partition coefficient (Wildman–Crippen LogP) is 3.58. The first kappa shape index (κ1) is 25.7. The van der Waals surface area contributed by atoms with Crippen molar-refractivity contribution < 1.29 is 26.5 Å². The van der Waals surface area contributed by atoms with Crippen LogP contribution >= 0.6 is 0 Å². The summed E-state index contributed by atoms with van der Waals surface area (Å²) >= 11 is 0. The number of hydrogen-bond acceptors (Lipinski definition) is 8. The van der Waals surface area contributed by atoms with E-state index in [2.05, 4.69) is 30.5 Å². The normalized spacial score (nSPS) is 15.7. The lowest BCUT2D eigenvalue weighted by molar-refractivity contribution is -0.137. The fourth-order valence-electron chi connectivity index (χ4n) is 3.41. The minimum absolute atomic E-state index is 0.0169. The summed E-state index contributed by atoms with van der Waals surface area (Å²) in [4.78, 5) is 16.8. The number of ether oxygens (including phenoxy) is 1. The highest BCUT2D eigenvalue weighted by Gasteiger charge is 2.31. The van der Waals surface area contributed by atoms with Gasteiger partial charge in [-0.05, 0) is 30.3 Å². The molecule has 9 nitrogen and oxygen atoms in total. The Bertz CT molecular complexity index is 1290. The van der Waals surface area contributed by atoms with Gasteiger partial charge in [-0.1, -0.05) is 6.07 Å². The second-order valence-electron chi connectivity index (χ2n) is 8.61. The summed E-state index contributed by atoms with van der Waals surface area (Å²) in [5.74, 6) is -0.460. The van der Waals surface area contributed by atoms with Gasteiger partial charge in [0, 0.05) is 40.5 Å². The third-order valence-electron chi connectivity index (χ3n) is 5.32. The lowest BCUT2D eigenvalue weighted by atomic mass is 10.2. The number of pyridine rings is 1. The molecule has 0 amide bonds. The van der Waals surface area contributed by atoms with Gasteiger partial charge in [0.25, 0.3) is 0 Å². The van der Waals surface area contributed by atoms with Gasteiger partial charge in [0.1, 0.15) is 5.03 Å². The Morgan fingerprint density at radius 2 is 1.78 bits per heavy atom. The van der Waals surface area contributed by atoms with Crippen LogP contribution in [0.2, 0.25) is 0 Å².